The summed E-state index contributed by atoms with van der Waals surface area (Å²) in [7, 11) is 0. The van der Waals surface area contributed by atoms with Crippen LogP contribution in [-0.4, -0.2) is 22.6 Å². The summed E-state index contributed by atoms with van der Waals surface area (Å²) < 4.78 is 0.969. The van der Waals surface area contributed by atoms with Gasteiger partial charge in [-0.15, -0.1) is 0 Å². The van der Waals surface area contributed by atoms with Crippen molar-refractivity contribution < 1.29 is 9.90 Å². The van der Waals surface area contributed by atoms with Gasteiger partial charge in [-0.2, -0.15) is 0 Å². The second kappa shape index (κ2) is 8.06. The molecule has 1 rings (SSSR count). The Hall–Kier alpha value is -1.10. The Morgan fingerprint density at radius 3 is 2.71 bits per heavy atom. The molecule has 0 fully saturated rings. The van der Waals surface area contributed by atoms with Gasteiger partial charge in [0.25, 0.3) is 0 Å². The number of rotatable bonds is 8. The van der Waals surface area contributed by atoms with Crippen LogP contribution in [0.15, 0.2) is 22.8 Å². The van der Waals surface area contributed by atoms with Crippen LogP contribution in [0, 0.1) is 0 Å². The van der Waals surface area contributed by atoms with Gasteiger partial charge in [0.2, 0.25) is 0 Å². The molecule has 0 aliphatic heterocycles. The molecule has 4 nitrogen and oxygen atoms in total. The van der Waals surface area contributed by atoms with Crippen molar-refractivity contribution in [1.82, 2.24) is 4.98 Å². The molecule has 1 aromatic heterocycles. The minimum atomic E-state index is -0.706. The van der Waals surface area contributed by atoms with Gasteiger partial charge in [0, 0.05) is 23.6 Å². The summed E-state index contributed by atoms with van der Waals surface area (Å²) in [5, 5.41) is 11.7. The third kappa shape index (κ3) is 6.94. The number of nitrogens with one attached hydrogen (secondary N) is 1. The Bertz CT molecular complexity index is 341. The van der Waals surface area contributed by atoms with Gasteiger partial charge in [0.1, 0.15) is 5.82 Å². The van der Waals surface area contributed by atoms with E-state index in [1.165, 1.54) is 0 Å². The third-order valence-electron chi connectivity index (χ3n) is 2.35. The fraction of sp³-hybridized carbons (Fsp3) is 0.500. The van der Waals surface area contributed by atoms with Crippen molar-refractivity contribution >= 4 is 27.7 Å². The molecule has 0 aliphatic rings. The third-order valence-corrected chi connectivity index (χ3v) is 2.82. The minimum Gasteiger partial charge on any atom is -0.481 e. The maximum atomic E-state index is 10.3. The van der Waals surface area contributed by atoms with Gasteiger partial charge in [0.05, 0.1) is 0 Å². The molecule has 0 bridgehead atoms. The van der Waals surface area contributed by atoms with Crippen molar-refractivity contribution in [2.24, 2.45) is 0 Å². The van der Waals surface area contributed by atoms with Crippen LogP contribution in [0.25, 0.3) is 0 Å². The quantitative estimate of drug-likeness (QED) is 0.723. The van der Waals surface area contributed by atoms with Crippen LogP contribution in [0.2, 0.25) is 0 Å². The van der Waals surface area contributed by atoms with Crippen LogP contribution in [0.1, 0.15) is 32.1 Å². The first-order valence-electron chi connectivity index (χ1n) is 5.75. The molecule has 1 heterocycles. The molecule has 1 aromatic rings. The van der Waals surface area contributed by atoms with Gasteiger partial charge in [-0.05, 0) is 40.9 Å². The van der Waals surface area contributed by atoms with Gasteiger partial charge in [-0.1, -0.05) is 12.8 Å². The number of nitrogens with zero attached hydrogens (tertiary/aromatic N) is 1. The van der Waals surface area contributed by atoms with Crippen LogP contribution >= 0.6 is 15.9 Å². The maximum Gasteiger partial charge on any atom is 0.303 e. The van der Waals surface area contributed by atoms with Crippen molar-refractivity contribution in [3.63, 3.8) is 0 Å². The number of hydrogen-bond donors (Lipinski definition) is 2. The zero-order valence-corrected chi connectivity index (χ0v) is 11.2. The summed E-state index contributed by atoms with van der Waals surface area (Å²) in [5.74, 6) is 0.168. The van der Waals surface area contributed by atoms with Crippen LogP contribution in [0.4, 0.5) is 5.82 Å². The second-order valence-corrected chi connectivity index (χ2v) is 4.76. The number of anilines is 1. The predicted molar refractivity (Wildman–Crippen MR) is 71.1 cm³/mol. The van der Waals surface area contributed by atoms with Crippen LogP contribution in [0.5, 0.6) is 0 Å². The van der Waals surface area contributed by atoms with E-state index in [2.05, 4.69) is 26.2 Å². The Morgan fingerprint density at radius 1 is 1.29 bits per heavy atom. The van der Waals surface area contributed by atoms with Crippen molar-refractivity contribution in [2.75, 3.05) is 11.9 Å². The highest BCUT2D eigenvalue weighted by Crippen LogP contribution is 2.10. The number of carboxylic acids is 1. The molecule has 94 valence electrons. The Labute approximate surface area is 110 Å². The van der Waals surface area contributed by atoms with Gasteiger partial charge in [0.15, 0.2) is 0 Å². The first kappa shape index (κ1) is 14.0. The van der Waals surface area contributed by atoms with Gasteiger partial charge in [-0.3, -0.25) is 4.79 Å². The zero-order valence-electron chi connectivity index (χ0n) is 9.66. The van der Waals surface area contributed by atoms with Gasteiger partial charge < -0.3 is 10.4 Å². The smallest absolute Gasteiger partial charge is 0.303 e. The Kier molecular flexibility index (Phi) is 6.62. The number of aromatic nitrogens is 1. The zero-order chi connectivity index (χ0) is 12.5. The molecule has 0 spiro atoms. The lowest BCUT2D eigenvalue weighted by Crippen LogP contribution is -2.03. The van der Waals surface area contributed by atoms with E-state index in [4.69, 9.17) is 5.11 Å². The van der Waals surface area contributed by atoms with E-state index >= 15 is 0 Å². The first-order valence-corrected chi connectivity index (χ1v) is 6.55. The highest BCUT2D eigenvalue weighted by molar-refractivity contribution is 9.10. The summed E-state index contributed by atoms with van der Waals surface area (Å²) in [6, 6.07) is 3.87. The van der Waals surface area contributed by atoms with Crippen molar-refractivity contribution in [3.05, 3.63) is 22.8 Å². The van der Waals surface area contributed by atoms with E-state index in [1.54, 1.807) is 6.20 Å². The summed E-state index contributed by atoms with van der Waals surface area (Å²) >= 11 is 3.33. The topological polar surface area (TPSA) is 62.2 Å². The molecule has 0 radical (unpaired) electrons. The lowest BCUT2D eigenvalue weighted by atomic mass is 10.1. The summed E-state index contributed by atoms with van der Waals surface area (Å²) in [4.78, 5) is 14.5. The molecule has 0 aliphatic carbocycles. The average Bonchev–Trinajstić information content (AvgIpc) is 2.30. The fourth-order valence-electron chi connectivity index (χ4n) is 1.45. The second-order valence-electron chi connectivity index (χ2n) is 3.85. The largest absolute Gasteiger partial charge is 0.481 e. The Morgan fingerprint density at radius 2 is 2.06 bits per heavy atom. The van der Waals surface area contributed by atoms with Crippen molar-refractivity contribution in [1.29, 1.82) is 0 Å². The van der Waals surface area contributed by atoms with E-state index in [0.29, 0.717) is 0 Å². The maximum absolute atomic E-state index is 10.3. The molecule has 2 N–H and O–H groups in total. The fourth-order valence-corrected chi connectivity index (χ4v) is 1.69. The van der Waals surface area contributed by atoms with Crippen LogP contribution in [-0.2, 0) is 4.79 Å². The van der Waals surface area contributed by atoms with E-state index in [9.17, 15) is 4.79 Å². The van der Waals surface area contributed by atoms with E-state index < -0.39 is 5.97 Å². The minimum absolute atomic E-state index is 0.279. The van der Waals surface area contributed by atoms with Gasteiger partial charge >= 0.3 is 5.97 Å². The number of unbranched alkanes of at least 4 members (excludes halogenated alkanes) is 3. The van der Waals surface area contributed by atoms with Crippen molar-refractivity contribution in [2.45, 2.75) is 32.1 Å². The summed E-state index contributed by atoms with van der Waals surface area (Å²) in [6.45, 7) is 0.877. The number of aliphatic carboxylic acids is 1. The number of halogens is 1. The molecule has 0 atom stereocenters. The molecule has 5 heteroatoms. The molecular formula is C12H17BrN2O2. The molecule has 0 unspecified atom stereocenters. The molecule has 0 aromatic carbocycles. The van der Waals surface area contributed by atoms with E-state index in [1.807, 2.05) is 12.1 Å². The monoisotopic (exact) mass is 300 g/mol. The standard InChI is InChI=1S/C12H17BrN2O2/c13-10-6-7-11(15-9-10)14-8-4-2-1-3-5-12(16)17/h6-7,9H,1-5,8H2,(H,14,15)(H,16,17). The number of pyridine rings is 1. The normalized spacial score (nSPS) is 10.2. The number of hydrogen-bond acceptors (Lipinski definition) is 3. The van der Waals surface area contributed by atoms with E-state index in [0.717, 1.165) is 42.5 Å². The number of carbonyl (C=O) groups is 1. The molecule has 0 saturated heterocycles. The highest BCUT2D eigenvalue weighted by atomic mass is 79.9. The lowest BCUT2D eigenvalue weighted by Gasteiger charge is -2.04. The van der Waals surface area contributed by atoms with Gasteiger partial charge in [-0.25, -0.2) is 4.98 Å². The average molecular weight is 301 g/mol. The highest BCUT2D eigenvalue weighted by Gasteiger charge is 1.97. The van der Waals surface area contributed by atoms with Crippen LogP contribution < -0.4 is 5.32 Å². The molecule has 0 amide bonds. The van der Waals surface area contributed by atoms with Crippen LogP contribution in [0.3, 0.4) is 0 Å². The lowest BCUT2D eigenvalue weighted by molar-refractivity contribution is -0.137. The molecule has 0 saturated carbocycles. The molecule has 17 heavy (non-hydrogen) atoms. The Balaban J connectivity index is 2.01. The summed E-state index contributed by atoms with van der Waals surface area (Å²) in [5.41, 5.74) is 0. The van der Waals surface area contributed by atoms with E-state index in [-0.39, 0.29) is 6.42 Å². The predicted octanol–water partition coefficient (Wildman–Crippen LogP) is 3.29. The SMILES string of the molecule is O=C(O)CCCCCCNc1ccc(Br)cn1. The molecular weight excluding hydrogens is 284 g/mol. The van der Waals surface area contributed by atoms with Crippen molar-refractivity contribution in [3.8, 4) is 0 Å². The summed E-state index contributed by atoms with van der Waals surface area (Å²) in [6.07, 6.45) is 5.87. The number of carboxylic acid groups (broad SMARTS) is 1. The first-order chi connectivity index (χ1) is 8.18.